The van der Waals surface area contributed by atoms with E-state index in [-0.39, 0.29) is 12.5 Å². The Morgan fingerprint density at radius 1 is 1.30 bits per heavy atom. The van der Waals surface area contributed by atoms with E-state index in [1.165, 1.54) is 0 Å². The third-order valence-corrected chi connectivity index (χ3v) is 3.35. The molecule has 0 bridgehead atoms. The third kappa shape index (κ3) is 4.30. The lowest BCUT2D eigenvalue weighted by Gasteiger charge is -2.19. The molecule has 0 unspecified atom stereocenters. The zero-order valence-corrected chi connectivity index (χ0v) is 13.3. The number of carbonyl (C=O) groups is 1. The molecular formula is C18H19N3O2. The van der Waals surface area contributed by atoms with E-state index in [0.717, 1.165) is 12.0 Å². The quantitative estimate of drug-likeness (QED) is 0.765. The summed E-state index contributed by atoms with van der Waals surface area (Å²) in [6.45, 7) is 4.54. The number of rotatable bonds is 6. The fourth-order valence-electron chi connectivity index (χ4n) is 2.17. The largest absolute Gasteiger partial charge is 0.457 e. The molecule has 23 heavy (non-hydrogen) atoms. The van der Waals surface area contributed by atoms with Crippen molar-refractivity contribution in [1.82, 2.24) is 9.88 Å². The summed E-state index contributed by atoms with van der Waals surface area (Å²) in [6, 6.07) is 10.9. The van der Waals surface area contributed by atoms with Gasteiger partial charge in [0.05, 0.1) is 6.07 Å². The second-order valence-corrected chi connectivity index (χ2v) is 5.15. The van der Waals surface area contributed by atoms with Crippen LogP contribution in [0, 0.1) is 18.3 Å². The van der Waals surface area contributed by atoms with Gasteiger partial charge in [-0.2, -0.15) is 5.26 Å². The number of hydrogen-bond acceptors (Lipinski definition) is 4. The molecule has 5 nitrogen and oxygen atoms in total. The number of hydrogen-bond donors (Lipinski definition) is 0. The topological polar surface area (TPSA) is 66.2 Å². The minimum Gasteiger partial charge on any atom is -0.457 e. The lowest BCUT2D eigenvalue weighted by Crippen LogP contribution is -2.32. The molecule has 5 heteroatoms. The van der Waals surface area contributed by atoms with E-state index in [4.69, 9.17) is 10.00 Å². The molecule has 0 aliphatic rings. The maximum Gasteiger partial charge on any atom is 0.254 e. The van der Waals surface area contributed by atoms with Gasteiger partial charge in [-0.1, -0.05) is 13.0 Å². The van der Waals surface area contributed by atoms with E-state index >= 15 is 0 Å². The summed E-state index contributed by atoms with van der Waals surface area (Å²) in [4.78, 5) is 18.0. The molecule has 0 saturated carbocycles. The molecule has 0 atom stereocenters. The van der Waals surface area contributed by atoms with Gasteiger partial charge < -0.3 is 9.64 Å². The van der Waals surface area contributed by atoms with E-state index in [0.29, 0.717) is 23.6 Å². The van der Waals surface area contributed by atoms with Gasteiger partial charge in [-0.05, 0) is 43.2 Å². The second-order valence-electron chi connectivity index (χ2n) is 5.15. The SMILES string of the molecule is CCCN(CC#N)C(=O)c1ccc(C)c(Oc2ccncc2)c1. The van der Waals surface area contributed by atoms with E-state index in [9.17, 15) is 4.79 Å². The van der Waals surface area contributed by atoms with Gasteiger partial charge in [-0.15, -0.1) is 0 Å². The monoisotopic (exact) mass is 309 g/mol. The van der Waals surface area contributed by atoms with Gasteiger partial charge in [0.1, 0.15) is 18.0 Å². The second kappa shape index (κ2) is 7.95. The highest BCUT2D eigenvalue weighted by atomic mass is 16.5. The van der Waals surface area contributed by atoms with Crippen LogP contribution in [0.25, 0.3) is 0 Å². The number of nitriles is 1. The Kier molecular flexibility index (Phi) is 5.70. The number of amides is 1. The molecule has 0 aliphatic carbocycles. The van der Waals surface area contributed by atoms with Crippen LogP contribution in [-0.2, 0) is 0 Å². The van der Waals surface area contributed by atoms with Crippen LogP contribution in [0.15, 0.2) is 42.7 Å². The number of pyridine rings is 1. The summed E-state index contributed by atoms with van der Waals surface area (Å²) in [5, 5.41) is 8.88. The van der Waals surface area contributed by atoms with Crippen molar-refractivity contribution in [2.24, 2.45) is 0 Å². The van der Waals surface area contributed by atoms with Crippen LogP contribution in [0.5, 0.6) is 11.5 Å². The third-order valence-electron chi connectivity index (χ3n) is 3.35. The molecule has 0 aliphatic heterocycles. The van der Waals surface area contributed by atoms with Crippen molar-refractivity contribution in [1.29, 1.82) is 5.26 Å². The fourth-order valence-corrected chi connectivity index (χ4v) is 2.17. The molecule has 0 saturated heterocycles. The van der Waals surface area contributed by atoms with Gasteiger partial charge in [0.25, 0.3) is 5.91 Å². The van der Waals surface area contributed by atoms with Gasteiger partial charge >= 0.3 is 0 Å². The number of ether oxygens (including phenoxy) is 1. The van der Waals surface area contributed by atoms with Crippen LogP contribution in [-0.4, -0.2) is 28.9 Å². The summed E-state index contributed by atoms with van der Waals surface area (Å²) in [5.41, 5.74) is 1.45. The first kappa shape index (κ1) is 16.5. The predicted octanol–water partition coefficient (Wildman–Crippen LogP) is 3.56. The summed E-state index contributed by atoms with van der Waals surface area (Å²) in [7, 11) is 0. The van der Waals surface area contributed by atoms with Gasteiger partial charge in [-0.25, -0.2) is 0 Å². The number of nitrogens with zero attached hydrogens (tertiary/aromatic N) is 3. The van der Waals surface area contributed by atoms with E-state index < -0.39 is 0 Å². The van der Waals surface area contributed by atoms with Gasteiger partial charge in [0, 0.05) is 24.5 Å². The molecule has 2 aromatic rings. The minimum atomic E-state index is -0.159. The number of aryl methyl sites for hydroxylation is 1. The van der Waals surface area contributed by atoms with E-state index in [2.05, 4.69) is 4.98 Å². The van der Waals surface area contributed by atoms with Crippen LogP contribution in [0.2, 0.25) is 0 Å². The Labute approximate surface area is 136 Å². The molecule has 0 spiro atoms. The first-order chi connectivity index (χ1) is 11.2. The van der Waals surface area contributed by atoms with E-state index in [1.54, 1.807) is 41.6 Å². The van der Waals surface area contributed by atoms with Crippen LogP contribution in [0.1, 0.15) is 29.3 Å². The molecule has 2 rings (SSSR count). The van der Waals surface area contributed by atoms with Crippen molar-refractivity contribution in [3.05, 3.63) is 53.9 Å². The Hall–Kier alpha value is -2.87. The molecule has 1 heterocycles. The van der Waals surface area contributed by atoms with E-state index in [1.807, 2.05) is 26.0 Å². The Morgan fingerprint density at radius 2 is 2.04 bits per heavy atom. The van der Waals surface area contributed by atoms with Crippen LogP contribution in [0.3, 0.4) is 0 Å². The molecule has 1 amide bonds. The summed E-state index contributed by atoms with van der Waals surface area (Å²) in [6.07, 6.45) is 4.10. The average Bonchev–Trinajstić information content (AvgIpc) is 2.57. The highest BCUT2D eigenvalue weighted by Gasteiger charge is 2.16. The Morgan fingerprint density at radius 3 is 2.70 bits per heavy atom. The zero-order valence-electron chi connectivity index (χ0n) is 13.3. The first-order valence-electron chi connectivity index (χ1n) is 7.50. The maximum atomic E-state index is 12.5. The van der Waals surface area contributed by atoms with Gasteiger partial charge in [0.15, 0.2) is 0 Å². The molecule has 0 fully saturated rings. The normalized spacial score (nSPS) is 9.96. The van der Waals surface area contributed by atoms with Crippen molar-refractivity contribution in [2.45, 2.75) is 20.3 Å². The highest BCUT2D eigenvalue weighted by Crippen LogP contribution is 2.26. The summed E-state index contributed by atoms with van der Waals surface area (Å²) >= 11 is 0. The number of benzene rings is 1. The molecule has 1 aromatic heterocycles. The standard InChI is InChI=1S/C18H19N3O2/c1-3-11-21(12-8-19)18(22)15-5-4-14(2)17(13-15)23-16-6-9-20-10-7-16/h4-7,9-10,13H,3,11-12H2,1-2H3. The van der Waals surface area contributed by atoms with Gasteiger partial charge in [-0.3, -0.25) is 9.78 Å². The number of carbonyl (C=O) groups excluding carboxylic acids is 1. The average molecular weight is 309 g/mol. The zero-order chi connectivity index (χ0) is 16.7. The highest BCUT2D eigenvalue weighted by molar-refractivity contribution is 5.95. The van der Waals surface area contributed by atoms with Crippen molar-refractivity contribution in [2.75, 3.05) is 13.1 Å². The van der Waals surface area contributed by atoms with Crippen molar-refractivity contribution in [3.63, 3.8) is 0 Å². The van der Waals surface area contributed by atoms with Gasteiger partial charge in [0.2, 0.25) is 0 Å². The lowest BCUT2D eigenvalue weighted by atomic mass is 10.1. The number of aromatic nitrogens is 1. The van der Waals surface area contributed by atoms with Crippen LogP contribution < -0.4 is 4.74 Å². The lowest BCUT2D eigenvalue weighted by molar-refractivity contribution is 0.0776. The smallest absolute Gasteiger partial charge is 0.254 e. The van der Waals surface area contributed by atoms with Crippen LogP contribution >= 0.6 is 0 Å². The summed E-state index contributed by atoms with van der Waals surface area (Å²) < 4.78 is 5.82. The Bertz CT molecular complexity index is 708. The molecule has 0 N–H and O–H groups in total. The molecule has 1 aromatic carbocycles. The van der Waals surface area contributed by atoms with Crippen molar-refractivity contribution >= 4 is 5.91 Å². The molecule has 118 valence electrons. The first-order valence-corrected chi connectivity index (χ1v) is 7.50. The molecular weight excluding hydrogens is 290 g/mol. The summed E-state index contributed by atoms with van der Waals surface area (Å²) in [5.74, 6) is 1.12. The van der Waals surface area contributed by atoms with Crippen molar-refractivity contribution in [3.8, 4) is 17.6 Å². The predicted molar refractivity (Wildman–Crippen MR) is 87.3 cm³/mol. The Balaban J connectivity index is 2.25. The maximum absolute atomic E-state index is 12.5. The minimum absolute atomic E-state index is 0.0844. The van der Waals surface area contributed by atoms with Crippen molar-refractivity contribution < 1.29 is 9.53 Å². The fraction of sp³-hybridized carbons (Fsp3) is 0.278. The molecule has 0 radical (unpaired) electrons. The van der Waals surface area contributed by atoms with Crippen LogP contribution in [0.4, 0.5) is 0 Å².